The molecule has 0 bridgehead atoms. The zero-order chi connectivity index (χ0) is 23.9. The fourth-order valence-electron chi connectivity index (χ4n) is 2.56. The summed E-state index contributed by atoms with van der Waals surface area (Å²) in [4.78, 5) is 24.8. The third-order valence-electron chi connectivity index (χ3n) is 3.92. The second kappa shape index (κ2) is 10.3. The fourth-order valence-corrected chi connectivity index (χ4v) is 3.60. The second-order valence-electron chi connectivity index (χ2n) is 7.66. The molecule has 9 nitrogen and oxygen atoms in total. The molecule has 2 aromatic rings. The van der Waals surface area contributed by atoms with Gasteiger partial charge in [-0.2, -0.15) is 0 Å². The Morgan fingerprint density at radius 2 is 1.81 bits per heavy atom. The summed E-state index contributed by atoms with van der Waals surface area (Å²) < 4.78 is 37.4. The first-order chi connectivity index (χ1) is 14.9. The first-order valence-electron chi connectivity index (χ1n) is 9.65. The van der Waals surface area contributed by atoms with Gasteiger partial charge in [0.05, 0.1) is 17.7 Å². The molecule has 0 saturated carbocycles. The number of rotatable bonds is 8. The fraction of sp³-hybridized carbons (Fsp3) is 0.273. The number of sulfonamides is 1. The summed E-state index contributed by atoms with van der Waals surface area (Å²) in [7, 11) is -2.33. The molecule has 2 aromatic carbocycles. The molecule has 0 radical (unpaired) electrons. The Labute approximate surface area is 187 Å². The van der Waals surface area contributed by atoms with E-state index in [1.165, 1.54) is 43.5 Å². The van der Waals surface area contributed by atoms with Gasteiger partial charge in [-0.05, 0) is 57.2 Å². The van der Waals surface area contributed by atoms with Crippen LogP contribution in [0.25, 0.3) is 0 Å². The van der Waals surface area contributed by atoms with Crippen molar-refractivity contribution in [3.63, 3.8) is 0 Å². The van der Waals surface area contributed by atoms with Gasteiger partial charge in [0.25, 0.3) is 5.91 Å². The molecule has 0 aliphatic carbocycles. The number of methoxy groups -OCH3 is 1. The van der Waals surface area contributed by atoms with E-state index in [4.69, 9.17) is 9.47 Å². The average molecular weight is 462 g/mol. The highest BCUT2D eigenvalue weighted by molar-refractivity contribution is 7.89. The van der Waals surface area contributed by atoms with Gasteiger partial charge in [-0.15, -0.1) is 6.58 Å². The SMILES string of the molecule is C=CCNS(=O)(=O)c1cccc(C(=O)Nc2ccc(OC)c(NC(=O)OC(C)(C)C)c2)c1. The van der Waals surface area contributed by atoms with Crippen LogP contribution in [0.15, 0.2) is 60.0 Å². The summed E-state index contributed by atoms with van der Waals surface area (Å²) >= 11 is 0. The van der Waals surface area contributed by atoms with Crippen molar-refractivity contribution >= 4 is 33.4 Å². The van der Waals surface area contributed by atoms with E-state index in [9.17, 15) is 18.0 Å². The topological polar surface area (TPSA) is 123 Å². The maximum Gasteiger partial charge on any atom is 0.412 e. The van der Waals surface area contributed by atoms with Crippen LogP contribution in [-0.2, 0) is 14.8 Å². The van der Waals surface area contributed by atoms with E-state index in [-0.39, 0.29) is 17.0 Å². The highest BCUT2D eigenvalue weighted by Gasteiger charge is 2.19. The molecule has 0 spiro atoms. The van der Waals surface area contributed by atoms with E-state index in [0.29, 0.717) is 17.1 Å². The Balaban J connectivity index is 2.22. The molecule has 0 unspecified atom stereocenters. The molecule has 0 heterocycles. The summed E-state index contributed by atoms with van der Waals surface area (Å²) in [5, 5.41) is 5.26. The van der Waals surface area contributed by atoms with Crippen molar-refractivity contribution in [1.82, 2.24) is 4.72 Å². The Bertz CT molecular complexity index is 1110. The molecule has 2 amide bonds. The summed E-state index contributed by atoms with van der Waals surface area (Å²) in [5.41, 5.74) is 0.114. The van der Waals surface area contributed by atoms with Crippen LogP contribution < -0.4 is 20.1 Å². The van der Waals surface area contributed by atoms with Crippen LogP contribution in [0.3, 0.4) is 0 Å². The van der Waals surface area contributed by atoms with Gasteiger partial charge < -0.3 is 14.8 Å². The Morgan fingerprint density at radius 3 is 2.44 bits per heavy atom. The van der Waals surface area contributed by atoms with Crippen molar-refractivity contribution in [1.29, 1.82) is 0 Å². The lowest BCUT2D eigenvalue weighted by Gasteiger charge is -2.20. The molecule has 2 rings (SSSR count). The first-order valence-corrected chi connectivity index (χ1v) is 11.1. The zero-order valence-corrected chi connectivity index (χ0v) is 19.2. The monoisotopic (exact) mass is 461 g/mol. The summed E-state index contributed by atoms with van der Waals surface area (Å²) in [6.07, 6.45) is 0.741. The molecule has 0 aromatic heterocycles. The maximum atomic E-state index is 12.7. The quantitative estimate of drug-likeness (QED) is 0.515. The molecular weight excluding hydrogens is 434 g/mol. The number of nitrogens with one attached hydrogen (secondary N) is 3. The van der Waals surface area contributed by atoms with Gasteiger partial charge in [-0.25, -0.2) is 17.9 Å². The van der Waals surface area contributed by atoms with E-state index in [1.54, 1.807) is 32.9 Å². The lowest BCUT2D eigenvalue weighted by Crippen LogP contribution is -2.27. The van der Waals surface area contributed by atoms with E-state index in [2.05, 4.69) is 21.9 Å². The van der Waals surface area contributed by atoms with E-state index < -0.39 is 27.6 Å². The summed E-state index contributed by atoms with van der Waals surface area (Å²) in [5.74, 6) is -0.158. The number of ether oxygens (including phenoxy) is 2. The number of amides is 2. The van der Waals surface area contributed by atoms with Crippen LogP contribution in [0, 0.1) is 0 Å². The lowest BCUT2D eigenvalue weighted by molar-refractivity contribution is 0.0635. The highest BCUT2D eigenvalue weighted by Crippen LogP contribution is 2.29. The maximum absolute atomic E-state index is 12.7. The third-order valence-corrected chi connectivity index (χ3v) is 5.34. The standard InChI is InChI=1S/C22H27N3O6S/c1-6-12-23-32(28,29)17-9-7-8-15(13-17)20(26)24-16-10-11-19(30-5)18(14-16)25-21(27)31-22(2,3)4/h6-11,13-14,23H,1,12H2,2-5H3,(H,24,26)(H,25,27). The Hall–Kier alpha value is -3.37. The van der Waals surface area contributed by atoms with Gasteiger partial charge in [0, 0.05) is 17.8 Å². The van der Waals surface area contributed by atoms with Gasteiger partial charge in [0.1, 0.15) is 11.4 Å². The molecule has 0 saturated heterocycles. The van der Waals surface area contributed by atoms with E-state index >= 15 is 0 Å². The van der Waals surface area contributed by atoms with E-state index in [0.717, 1.165) is 0 Å². The van der Waals surface area contributed by atoms with Crippen LogP contribution in [0.5, 0.6) is 5.75 Å². The van der Waals surface area contributed by atoms with Crippen molar-refractivity contribution in [3.05, 3.63) is 60.7 Å². The molecule has 172 valence electrons. The largest absolute Gasteiger partial charge is 0.495 e. The van der Waals surface area contributed by atoms with Crippen LogP contribution in [0.2, 0.25) is 0 Å². The summed E-state index contributed by atoms with van der Waals surface area (Å²) in [6, 6.07) is 10.3. The first kappa shape index (κ1) is 24.9. The number of carbonyl (C=O) groups is 2. The van der Waals surface area contributed by atoms with Crippen molar-refractivity contribution in [2.24, 2.45) is 0 Å². The molecule has 32 heavy (non-hydrogen) atoms. The van der Waals surface area contributed by atoms with Gasteiger partial charge in [-0.3, -0.25) is 10.1 Å². The van der Waals surface area contributed by atoms with E-state index in [1.807, 2.05) is 0 Å². The van der Waals surface area contributed by atoms with Crippen molar-refractivity contribution in [2.45, 2.75) is 31.3 Å². The lowest BCUT2D eigenvalue weighted by atomic mass is 10.2. The van der Waals surface area contributed by atoms with Gasteiger partial charge in [0.15, 0.2) is 0 Å². The number of carbonyl (C=O) groups excluding carboxylic acids is 2. The minimum atomic E-state index is -3.77. The average Bonchev–Trinajstić information content (AvgIpc) is 2.71. The Morgan fingerprint density at radius 1 is 1.09 bits per heavy atom. The smallest absolute Gasteiger partial charge is 0.412 e. The molecule has 10 heteroatoms. The van der Waals surface area contributed by atoms with Crippen LogP contribution >= 0.6 is 0 Å². The highest BCUT2D eigenvalue weighted by atomic mass is 32.2. The molecule has 0 aliphatic rings. The van der Waals surface area contributed by atoms with Crippen LogP contribution in [0.1, 0.15) is 31.1 Å². The van der Waals surface area contributed by atoms with Crippen molar-refractivity contribution in [2.75, 3.05) is 24.3 Å². The molecule has 0 atom stereocenters. The van der Waals surface area contributed by atoms with Crippen LogP contribution in [0.4, 0.5) is 16.2 Å². The number of hydrogen-bond acceptors (Lipinski definition) is 6. The number of anilines is 2. The van der Waals surface area contributed by atoms with Crippen molar-refractivity contribution in [3.8, 4) is 5.75 Å². The minimum Gasteiger partial charge on any atom is -0.495 e. The molecule has 0 fully saturated rings. The zero-order valence-electron chi connectivity index (χ0n) is 18.4. The predicted octanol–water partition coefficient (Wildman–Crippen LogP) is 3.76. The predicted molar refractivity (Wildman–Crippen MR) is 123 cm³/mol. The molecule has 3 N–H and O–H groups in total. The third kappa shape index (κ3) is 7.10. The minimum absolute atomic E-state index is 0.0472. The van der Waals surface area contributed by atoms with Gasteiger partial charge >= 0.3 is 6.09 Å². The number of hydrogen-bond donors (Lipinski definition) is 3. The van der Waals surface area contributed by atoms with Crippen molar-refractivity contribution < 1.29 is 27.5 Å². The Kier molecular flexibility index (Phi) is 8.01. The summed E-state index contributed by atoms with van der Waals surface area (Å²) in [6.45, 7) is 8.75. The number of benzene rings is 2. The second-order valence-corrected chi connectivity index (χ2v) is 9.43. The molecular formula is C22H27N3O6S. The van der Waals surface area contributed by atoms with Gasteiger partial charge in [0.2, 0.25) is 10.0 Å². The van der Waals surface area contributed by atoms with Gasteiger partial charge in [-0.1, -0.05) is 12.1 Å². The van der Waals surface area contributed by atoms with Crippen LogP contribution in [-0.4, -0.2) is 39.7 Å². The normalized spacial score (nSPS) is 11.4. The molecule has 0 aliphatic heterocycles.